The van der Waals surface area contributed by atoms with Gasteiger partial charge in [-0.1, -0.05) is 48.5 Å². The van der Waals surface area contributed by atoms with Crippen LogP contribution in [0.15, 0.2) is 0 Å². The number of thioether (sulfide) groups is 1. The van der Waals surface area contributed by atoms with Crippen molar-refractivity contribution in [1.82, 2.24) is 31.5 Å². The van der Waals surface area contributed by atoms with Gasteiger partial charge in [-0.2, -0.15) is 0 Å². The molecule has 0 aromatic carbocycles. The van der Waals surface area contributed by atoms with E-state index in [-0.39, 0.29) is 61.6 Å². The zero-order valence-electron chi connectivity index (χ0n) is 35.5. The molecule has 0 aliphatic carbocycles. The number of nitrogens with two attached hydrogens (primary N) is 3. The van der Waals surface area contributed by atoms with Crippen molar-refractivity contribution in [3.8, 4) is 0 Å². The SMILES string of the molecule is CCC(C)C([NH3+])C(=O)NC(CCC(N)=O)C(=O)NC(CC(N)=O)C(=O)NC(CSCNC(=O)C(C)(C)C)C(=O)N1CCCC1C(=O)CC(CC(C)C)C(=O)NCC(N)=O. The van der Waals surface area contributed by atoms with Gasteiger partial charge in [0.05, 0.1) is 24.9 Å². The molecular formula is C38H67N10O10S+. The molecule has 59 heavy (non-hydrogen) atoms. The number of primary amides is 3. The number of hydrogen-bond acceptors (Lipinski definition) is 11. The van der Waals surface area contributed by atoms with Gasteiger partial charge in [-0.3, -0.25) is 47.9 Å². The number of likely N-dealkylation sites (tertiary alicyclic amines) is 1. The van der Waals surface area contributed by atoms with Gasteiger partial charge in [-0.25, -0.2) is 0 Å². The molecule has 0 aromatic heterocycles. The first-order valence-corrected chi connectivity index (χ1v) is 21.1. The van der Waals surface area contributed by atoms with E-state index < -0.39 is 108 Å². The van der Waals surface area contributed by atoms with E-state index in [9.17, 15) is 47.9 Å². The monoisotopic (exact) mass is 855 g/mol. The quantitative estimate of drug-likeness (QED) is 0.0319. The van der Waals surface area contributed by atoms with Crippen LogP contribution in [0, 0.1) is 23.2 Å². The number of carbonyl (C=O) groups is 10. The summed E-state index contributed by atoms with van der Waals surface area (Å²) in [5.41, 5.74) is 19.1. The molecule has 1 rings (SSSR count). The summed E-state index contributed by atoms with van der Waals surface area (Å²) in [6.45, 7) is 12.3. The minimum Gasteiger partial charge on any atom is -0.370 e. The van der Waals surface area contributed by atoms with Gasteiger partial charge in [-0.15, -0.1) is 11.8 Å². The molecule has 0 radical (unpaired) electrons. The minimum atomic E-state index is -1.65. The largest absolute Gasteiger partial charge is 0.370 e. The first-order valence-electron chi connectivity index (χ1n) is 19.9. The molecule has 14 N–H and O–H groups in total. The molecule has 1 aliphatic rings. The van der Waals surface area contributed by atoms with E-state index in [0.717, 1.165) is 11.8 Å². The number of quaternary nitrogens is 1. The molecule has 0 saturated carbocycles. The smallest absolute Gasteiger partial charge is 0.279 e. The van der Waals surface area contributed by atoms with Crippen LogP contribution in [0.25, 0.3) is 0 Å². The Balaban J connectivity index is 3.43. The standard InChI is InChI=1S/C38H66N10O10S/c1-8-21(4)31(42)35(56)45-23(11-12-28(39)50)33(54)46-24(16-29(40)51)34(55)47-25(18-59-19-44-37(58)38(5,6)7)36(57)48-13-9-10-26(48)27(49)15-22(14-20(2)3)32(53)43-17-30(41)52/h20-26,31H,8-19,42H2,1-7H3,(H2,39,50)(H2,40,51)(H2,41,52)(H,43,53)(H,44,58)(H,45,56)(H,46,54)(H,47,55)/p+1. The third-order valence-corrected chi connectivity index (χ3v) is 10.8. The van der Waals surface area contributed by atoms with Crippen molar-refractivity contribution in [2.24, 2.45) is 40.4 Å². The molecule has 7 atom stereocenters. The highest BCUT2D eigenvalue weighted by Crippen LogP contribution is 2.25. The van der Waals surface area contributed by atoms with Crippen LogP contribution in [0.3, 0.4) is 0 Å². The van der Waals surface area contributed by atoms with Crippen molar-refractivity contribution in [2.75, 3.05) is 24.7 Å². The van der Waals surface area contributed by atoms with Crippen molar-refractivity contribution in [3.05, 3.63) is 0 Å². The van der Waals surface area contributed by atoms with Crippen LogP contribution in [0.4, 0.5) is 0 Å². The normalized spacial score (nSPS) is 17.0. The second kappa shape index (κ2) is 25.0. The second-order valence-electron chi connectivity index (χ2n) is 16.5. The van der Waals surface area contributed by atoms with Gasteiger partial charge in [0, 0.05) is 42.4 Å². The maximum absolute atomic E-state index is 14.3. The Morgan fingerprint density at radius 1 is 0.780 bits per heavy atom. The van der Waals surface area contributed by atoms with Crippen LogP contribution >= 0.6 is 11.8 Å². The van der Waals surface area contributed by atoms with E-state index in [1.165, 1.54) is 4.90 Å². The first-order chi connectivity index (χ1) is 27.4. The number of hydrogen-bond donors (Lipinski definition) is 9. The number of ketones is 1. The fraction of sp³-hybridized carbons (Fsp3) is 0.737. The molecular weight excluding hydrogens is 789 g/mol. The summed E-state index contributed by atoms with van der Waals surface area (Å²) in [4.78, 5) is 130. The zero-order chi connectivity index (χ0) is 45.2. The van der Waals surface area contributed by atoms with Crippen LogP contribution in [-0.4, -0.2) is 119 Å². The number of nitrogens with zero attached hydrogens (tertiary/aromatic N) is 1. The number of nitrogens with one attached hydrogen (secondary N) is 5. The van der Waals surface area contributed by atoms with Gasteiger partial charge < -0.3 is 54.4 Å². The maximum atomic E-state index is 14.3. The van der Waals surface area contributed by atoms with Crippen molar-refractivity contribution in [2.45, 2.75) is 130 Å². The summed E-state index contributed by atoms with van der Waals surface area (Å²) >= 11 is 1.10. The first kappa shape index (κ1) is 52.2. The number of amides is 9. The molecule has 0 bridgehead atoms. The molecule has 0 aromatic rings. The Morgan fingerprint density at radius 3 is 1.92 bits per heavy atom. The van der Waals surface area contributed by atoms with E-state index >= 15 is 0 Å². The van der Waals surface area contributed by atoms with Crippen LogP contribution in [0.1, 0.15) is 99.8 Å². The predicted molar refractivity (Wildman–Crippen MR) is 219 cm³/mol. The Bertz CT molecular complexity index is 1540. The predicted octanol–water partition coefficient (Wildman–Crippen LogP) is -2.69. The number of carbonyl (C=O) groups excluding carboxylic acids is 10. The zero-order valence-corrected chi connectivity index (χ0v) is 36.3. The van der Waals surface area contributed by atoms with Gasteiger partial charge in [0.25, 0.3) is 5.91 Å². The van der Waals surface area contributed by atoms with Gasteiger partial charge in [-0.05, 0) is 38.0 Å². The molecule has 7 unspecified atom stereocenters. The Labute approximate surface area is 350 Å². The summed E-state index contributed by atoms with van der Waals surface area (Å²) in [5, 5.41) is 12.7. The fourth-order valence-corrected chi connectivity index (χ4v) is 6.99. The number of Topliss-reactive ketones (excluding diaryl/α,β-unsaturated/α-hetero) is 1. The molecule has 1 saturated heterocycles. The minimum absolute atomic E-state index is 0.0118. The molecule has 1 heterocycles. The van der Waals surface area contributed by atoms with Crippen molar-refractivity contribution in [1.29, 1.82) is 0 Å². The Hall–Kier alpha value is -4.79. The average molecular weight is 856 g/mol. The highest BCUT2D eigenvalue weighted by Gasteiger charge is 2.40. The van der Waals surface area contributed by atoms with Crippen LogP contribution in [0.2, 0.25) is 0 Å². The van der Waals surface area contributed by atoms with Crippen molar-refractivity contribution in [3.63, 3.8) is 0 Å². The molecule has 0 spiro atoms. The number of rotatable bonds is 26. The summed E-state index contributed by atoms with van der Waals surface area (Å²) in [5.74, 6) is -7.87. The highest BCUT2D eigenvalue weighted by molar-refractivity contribution is 7.99. The lowest BCUT2D eigenvalue weighted by Gasteiger charge is -2.30. The highest BCUT2D eigenvalue weighted by atomic mass is 32.2. The van der Waals surface area contributed by atoms with Crippen molar-refractivity contribution >= 4 is 70.7 Å². The summed E-state index contributed by atoms with van der Waals surface area (Å²) in [6, 6.07) is -6.07. The molecule has 1 fully saturated rings. The third-order valence-electron chi connectivity index (χ3n) is 9.85. The lowest BCUT2D eigenvalue weighted by atomic mass is 9.89. The molecule has 21 heteroatoms. The Kier molecular flexibility index (Phi) is 22.1. The second-order valence-corrected chi connectivity index (χ2v) is 17.5. The Morgan fingerprint density at radius 2 is 1.37 bits per heavy atom. The average Bonchev–Trinajstić information content (AvgIpc) is 3.64. The van der Waals surface area contributed by atoms with E-state index in [1.807, 2.05) is 20.8 Å². The summed E-state index contributed by atoms with van der Waals surface area (Å²) in [6.07, 6.45) is 0.164. The summed E-state index contributed by atoms with van der Waals surface area (Å²) in [7, 11) is 0. The van der Waals surface area contributed by atoms with Gasteiger partial charge in [0.1, 0.15) is 18.1 Å². The van der Waals surface area contributed by atoms with E-state index in [4.69, 9.17) is 17.2 Å². The van der Waals surface area contributed by atoms with Gasteiger partial charge in [0.2, 0.25) is 47.3 Å². The summed E-state index contributed by atoms with van der Waals surface area (Å²) < 4.78 is 0. The maximum Gasteiger partial charge on any atom is 0.279 e. The van der Waals surface area contributed by atoms with Crippen LogP contribution < -0.4 is 49.5 Å². The van der Waals surface area contributed by atoms with E-state index in [2.05, 4.69) is 32.3 Å². The van der Waals surface area contributed by atoms with Crippen LogP contribution in [0.5, 0.6) is 0 Å². The van der Waals surface area contributed by atoms with Gasteiger partial charge >= 0.3 is 0 Å². The molecule has 1 aliphatic heterocycles. The lowest BCUT2D eigenvalue weighted by Crippen LogP contribution is -2.71. The molecule has 334 valence electrons. The van der Waals surface area contributed by atoms with Gasteiger partial charge in [0.15, 0.2) is 11.8 Å². The van der Waals surface area contributed by atoms with E-state index in [1.54, 1.807) is 27.7 Å². The third kappa shape index (κ3) is 18.8. The topological polar surface area (TPSA) is 340 Å². The fourth-order valence-electron chi connectivity index (χ4n) is 6.18. The van der Waals surface area contributed by atoms with Crippen molar-refractivity contribution < 1.29 is 53.7 Å². The van der Waals surface area contributed by atoms with E-state index in [0.29, 0.717) is 19.3 Å². The lowest BCUT2D eigenvalue weighted by molar-refractivity contribution is -0.415. The van der Waals surface area contributed by atoms with Crippen LogP contribution in [-0.2, 0) is 47.9 Å². The molecule has 20 nitrogen and oxygen atoms in total. The molecule has 9 amide bonds.